The fourth-order valence-corrected chi connectivity index (χ4v) is 1.44. The molecule has 0 fully saturated rings. The van der Waals surface area contributed by atoms with Crippen molar-refractivity contribution in [3.05, 3.63) is 35.7 Å². The highest BCUT2D eigenvalue weighted by Crippen LogP contribution is 2.18. The standard InChI is InChI=1S/C11H8ClN3O/c12-5-4-10-14-15-11(16-10)9-3-1-2-8(6-9)7-13/h1-3,6H,4-5H2. The van der Waals surface area contributed by atoms with E-state index in [1.165, 1.54) is 0 Å². The fourth-order valence-electron chi connectivity index (χ4n) is 1.27. The highest BCUT2D eigenvalue weighted by atomic mass is 35.5. The minimum Gasteiger partial charge on any atom is -0.421 e. The van der Waals surface area contributed by atoms with Gasteiger partial charge in [0, 0.05) is 17.9 Å². The van der Waals surface area contributed by atoms with Crippen molar-refractivity contribution in [3.8, 4) is 17.5 Å². The lowest BCUT2D eigenvalue weighted by Crippen LogP contribution is -1.84. The molecule has 0 aliphatic carbocycles. The highest BCUT2D eigenvalue weighted by molar-refractivity contribution is 6.17. The zero-order valence-electron chi connectivity index (χ0n) is 8.35. The molecule has 1 aromatic heterocycles. The first-order valence-corrected chi connectivity index (χ1v) is 5.26. The molecular formula is C11H8ClN3O. The molecule has 4 nitrogen and oxygen atoms in total. The zero-order chi connectivity index (χ0) is 11.4. The van der Waals surface area contributed by atoms with Gasteiger partial charge in [-0.05, 0) is 18.2 Å². The van der Waals surface area contributed by atoms with Crippen molar-refractivity contribution in [1.82, 2.24) is 10.2 Å². The number of nitriles is 1. The molecule has 0 atom stereocenters. The second kappa shape index (κ2) is 4.77. The number of benzene rings is 1. The third-order valence-corrected chi connectivity index (χ3v) is 2.20. The SMILES string of the molecule is N#Cc1cccc(-c2nnc(CCCl)o2)c1. The van der Waals surface area contributed by atoms with Gasteiger partial charge in [-0.1, -0.05) is 6.07 Å². The van der Waals surface area contributed by atoms with Gasteiger partial charge in [-0.3, -0.25) is 0 Å². The molecule has 80 valence electrons. The summed E-state index contributed by atoms with van der Waals surface area (Å²) in [6.07, 6.45) is 0.548. The minimum atomic E-state index is 0.414. The van der Waals surface area contributed by atoms with Crippen molar-refractivity contribution >= 4 is 11.6 Å². The third-order valence-electron chi connectivity index (χ3n) is 2.01. The maximum atomic E-state index is 8.76. The van der Waals surface area contributed by atoms with Gasteiger partial charge >= 0.3 is 0 Å². The summed E-state index contributed by atoms with van der Waals surface area (Å²) in [5.74, 6) is 1.37. The van der Waals surface area contributed by atoms with Crippen molar-refractivity contribution in [2.45, 2.75) is 6.42 Å². The summed E-state index contributed by atoms with van der Waals surface area (Å²) in [4.78, 5) is 0. The zero-order valence-corrected chi connectivity index (χ0v) is 9.11. The Morgan fingerprint density at radius 3 is 3.00 bits per heavy atom. The second-order valence-corrected chi connectivity index (χ2v) is 3.51. The average molecular weight is 234 g/mol. The number of hydrogen-bond acceptors (Lipinski definition) is 4. The van der Waals surface area contributed by atoms with Gasteiger partial charge in [0.15, 0.2) is 0 Å². The van der Waals surface area contributed by atoms with Gasteiger partial charge in [0.2, 0.25) is 11.8 Å². The lowest BCUT2D eigenvalue weighted by Gasteiger charge is -1.94. The number of nitrogens with zero attached hydrogens (tertiary/aromatic N) is 3. The van der Waals surface area contributed by atoms with Gasteiger partial charge < -0.3 is 4.42 Å². The molecule has 0 bridgehead atoms. The van der Waals surface area contributed by atoms with Gasteiger partial charge in [-0.2, -0.15) is 5.26 Å². The maximum absolute atomic E-state index is 8.76. The Morgan fingerprint density at radius 1 is 1.38 bits per heavy atom. The number of alkyl halides is 1. The molecule has 0 aliphatic heterocycles. The van der Waals surface area contributed by atoms with Crippen LogP contribution in [0.15, 0.2) is 28.7 Å². The summed E-state index contributed by atoms with van der Waals surface area (Å²) in [6.45, 7) is 0. The van der Waals surface area contributed by atoms with Crippen LogP contribution < -0.4 is 0 Å². The van der Waals surface area contributed by atoms with Crippen LogP contribution in [0.25, 0.3) is 11.5 Å². The molecule has 0 saturated heterocycles. The largest absolute Gasteiger partial charge is 0.421 e. The summed E-state index contributed by atoms with van der Waals surface area (Å²) in [7, 11) is 0. The first kappa shape index (κ1) is 10.7. The Balaban J connectivity index is 2.32. The smallest absolute Gasteiger partial charge is 0.247 e. The van der Waals surface area contributed by atoms with E-state index in [4.69, 9.17) is 21.3 Å². The van der Waals surface area contributed by atoms with Gasteiger partial charge in [-0.15, -0.1) is 21.8 Å². The van der Waals surface area contributed by atoms with Crippen LogP contribution in [0.1, 0.15) is 11.5 Å². The Labute approximate surface area is 97.5 Å². The minimum absolute atomic E-state index is 0.414. The lowest BCUT2D eigenvalue weighted by molar-refractivity contribution is 0.513. The molecule has 0 aliphatic rings. The predicted octanol–water partition coefficient (Wildman–Crippen LogP) is 2.39. The quantitative estimate of drug-likeness (QED) is 0.764. The van der Waals surface area contributed by atoms with Crippen LogP contribution in [0.3, 0.4) is 0 Å². The Morgan fingerprint density at radius 2 is 2.25 bits per heavy atom. The topological polar surface area (TPSA) is 62.7 Å². The van der Waals surface area contributed by atoms with Crippen LogP contribution in [0, 0.1) is 11.3 Å². The maximum Gasteiger partial charge on any atom is 0.247 e. The number of hydrogen-bond donors (Lipinski definition) is 0. The Kier molecular flexibility index (Phi) is 3.18. The Hall–Kier alpha value is -1.86. The molecule has 0 N–H and O–H groups in total. The van der Waals surface area contributed by atoms with E-state index in [0.717, 1.165) is 5.56 Å². The molecule has 1 aromatic carbocycles. The van der Waals surface area contributed by atoms with Gasteiger partial charge in [-0.25, -0.2) is 0 Å². The third kappa shape index (κ3) is 2.20. The monoisotopic (exact) mass is 233 g/mol. The van der Waals surface area contributed by atoms with Crippen LogP contribution in [0.5, 0.6) is 0 Å². The van der Waals surface area contributed by atoms with Crippen LogP contribution in [-0.4, -0.2) is 16.1 Å². The van der Waals surface area contributed by atoms with Crippen LogP contribution >= 0.6 is 11.6 Å². The van der Waals surface area contributed by atoms with E-state index >= 15 is 0 Å². The molecule has 5 heteroatoms. The summed E-state index contributed by atoms with van der Waals surface area (Å²) < 4.78 is 5.39. The predicted molar refractivity (Wildman–Crippen MR) is 58.9 cm³/mol. The van der Waals surface area contributed by atoms with E-state index in [-0.39, 0.29) is 0 Å². The average Bonchev–Trinajstić information content (AvgIpc) is 2.78. The van der Waals surface area contributed by atoms with Crippen molar-refractivity contribution in [1.29, 1.82) is 5.26 Å². The van der Waals surface area contributed by atoms with Crippen LogP contribution in [0.2, 0.25) is 0 Å². The highest BCUT2D eigenvalue weighted by Gasteiger charge is 2.08. The molecule has 0 amide bonds. The second-order valence-electron chi connectivity index (χ2n) is 3.13. The van der Waals surface area contributed by atoms with E-state index in [1.54, 1.807) is 18.2 Å². The van der Waals surface area contributed by atoms with E-state index in [1.807, 2.05) is 6.07 Å². The number of halogens is 1. The van der Waals surface area contributed by atoms with E-state index in [2.05, 4.69) is 16.3 Å². The van der Waals surface area contributed by atoms with Crippen LogP contribution in [0.4, 0.5) is 0 Å². The summed E-state index contributed by atoms with van der Waals surface area (Å²) in [5.41, 5.74) is 1.31. The van der Waals surface area contributed by atoms with E-state index < -0.39 is 0 Å². The lowest BCUT2D eigenvalue weighted by atomic mass is 10.1. The summed E-state index contributed by atoms with van der Waals surface area (Å²) in [6, 6.07) is 9.08. The van der Waals surface area contributed by atoms with Gasteiger partial charge in [0.1, 0.15) is 0 Å². The number of rotatable bonds is 3. The van der Waals surface area contributed by atoms with E-state index in [0.29, 0.717) is 29.6 Å². The fraction of sp³-hybridized carbons (Fsp3) is 0.182. The molecule has 2 aromatic rings. The molecule has 0 unspecified atom stereocenters. The van der Waals surface area contributed by atoms with Crippen molar-refractivity contribution < 1.29 is 4.42 Å². The Bertz CT molecular complexity index is 530. The molecule has 0 spiro atoms. The summed E-state index contributed by atoms with van der Waals surface area (Å²) in [5, 5.41) is 16.5. The van der Waals surface area contributed by atoms with Crippen LogP contribution in [-0.2, 0) is 6.42 Å². The summed E-state index contributed by atoms with van der Waals surface area (Å²) >= 11 is 5.57. The normalized spacial score (nSPS) is 10.0. The first-order valence-electron chi connectivity index (χ1n) is 4.72. The first-order chi connectivity index (χ1) is 7.83. The van der Waals surface area contributed by atoms with Crippen molar-refractivity contribution in [2.24, 2.45) is 0 Å². The molecule has 0 radical (unpaired) electrons. The molecular weight excluding hydrogens is 226 g/mol. The van der Waals surface area contributed by atoms with Gasteiger partial charge in [0.05, 0.1) is 11.6 Å². The van der Waals surface area contributed by atoms with E-state index in [9.17, 15) is 0 Å². The molecule has 0 saturated carbocycles. The molecule has 16 heavy (non-hydrogen) atoms. The molecule has 2 rings (SSSR count). The number of aromatic nitrogens is 2. The number of aryl methyl sites for hydroxylation is 1. The molecule has 1 heterocycles. The van der Waals surface area contributed by atoms with Crippen molar-refractivity contribution in [3.63, 3.8) is 0 Å². The van der Waals surface area contributed by atoms with Gasteiger partial charge in [0.25, 0.3) is 0 Å². The van der Waals surface area contributed by atoms with Crippen molar-refractivity contribution in [2.75, 3.05) is 5.88 Å².